The number of Topliss-reactive ketones (excluding diaryl/α,β-unsaturated/α-hetero) is 2. The van der Waals surface area contributed by atoms with Gasteiger partial charge in [0.2, 0.25) is 0 Å². The van der Waals surface area contributed by atoms with E-state index in [4.69, 9.17) is 19.9 Å². The van der Waals surface area contributed by atoms with Crippen LogP contribution >= 0.6 is 0 Å². The van der Waals surface area contributed by atoms with E-state index in [1.807, 2.05) is 0 Å². The average molecular weight is 503 g/mol. The lowest BCUT2D eigenvalue weighted by Gasteiger charge is -2.39. The maximum atomic E-state index is 15.6. The van der Waals surface area contributed by atoms with E-state index in [0.717, 1.165) is 6.92 Å². The first-order chi connectivity index (χ1) is 16.0. The molecule has 2 N–H and O–H groups in total. The van der Waals surface area contributed by atoms with Crippen LogP contribution in [0, 0.1) is 29.6 Å². The minimum atomic E-state index is -3.17. The highest BCUT2D eigenvalue weighted by atomic mass is 19.2. The molecule has 0 bridgehead atoms. The van der Waals surface area contributed by atoms with Crippen molar-refractivity contribution in [1.82, 2.24) is 0 Å². The summed E-state index contributed by atoms with van der Waals surface area (Å²) in [4.78, 5) is 55.6. The Kier molecular flexibility index (Phi) is 8.15. The summed E-state index contributed by atoms with van der Waals surface area (Å²) in [6.07, 6.45) is -2.53. The van der Waals surface area contributed by atoms with Gasteiger partial charge in [0.25, 0.3) is 12.0 Å². The quantitative estimate of drug-likeness (QED) is 0.263. The molecule has 2 fully saturated rings. The molecule has 0 aromatic heterocycles. The number of aliphatic imine (C=N–C) groups is 1. The second kappa shape index (κ2) is 9.91. The molecular formula is C24H36F2N2O7. The summed E-state index contributed by atoms with van der Waals surface area (Å²) in [5.41, 5.74) is -0.454. The Labute approximate surface area is 204 Å². The Hall–Kier alpha value is -2.43. The number of alkyl halides is 2. The van der Waals surface area contributed by atoms with E-state index in [1.54, 1.807) is 13.8 Å². The monoisotopic (exact) mass is 502 g/mol. The molecule has 0 aromatic carbocycles. The van der Waals surface area contributed by atoms with Gasteiger partial charge in [0, 0.05) is 37.8 Å². The molecule has 0 aliphatic carbocycles. The van der Waals surface area contributed by atoms with Gasteiger partial charge < -0.3 is 19.9 Å². The molecular weight excluding hydrogens is 466 g/mol. The SMILES string of the molecule is C/N=C(\N)[C@@H]1C(=O)O[C@]2(C)[C@H]1[C@@H](C)C(=O)[C@H](C)C[C@@](C)(OC)C[C@@H](C)C(=O)[C@](C)(F)C(=O)O[C@H]2F. The predicted octanol–water partition coefficient (Wildman–Crippen LogP) is 2.33. The van der Waals surface area contributed by atoms with Crippen molar-refractivity contribution in [3.8, 4) is 0 Å². The maximum absolute atomic E-state index is 15.6. The van der Waals surface area contributed by atoms with Crippen molar-refractivity contribution in [2.75, 3.05) is 14.2 Å². The number of rotatable bonds is 2. The van der Waals surface area contributed by atoms with E-state index in [2.05, 4.69) is 4.99 Å². The zero-order valence-electron chi connectivity index (χ0n) is 21.5. The van der Waals surface area contributed by atoms with Crippen molar-refractivity contribution in [1.29, 1.82) is 0 Å². The number of carbonyl (C=O) groups is 4. The molecule has 2 aliphatic rings. The van der Waals surface area contributed by atoms with Crippen LogP contribution < -0.4 is 5.73 Å². The lowest BCUT2D eigenvalue weighted by Crippen LogP contribution is -2.54. The molecule has 0 radical (unpaired) electrons. The van der Waals surface area contributed by atoms with E-state index in [9.17, 15) is 19.2 Å². The van der Waals surface area contributed by atoms with E-state index in [1.165, 1.54) is 28.0 Å². The van der Waals surface area contributed by atoms with Crippen molar-refractivity contribution in [2.45, 2.75) is 77.6 Å². The minimum Gasteiger partial charge on any atom is -0.451 e. The average Bonchev–Trinajstić information content (AvgIpc) is 3.06. The largest absolute Gasteiger partial charge is 0.451 e. The third kappa shape index (κ3) is 5.10. The Bertz CT molecular complexity index is 924. The molecule has 0 amide bonds. The van der Waals surface area contributed by atoms with Crippen molar-refractivity contribution < 1.29 is 42.2 Å². The highest BCUT2D eigenvalue weighted by molar-refractivity contribution is 6.07. The Morgan fingerprint density at radius 3 is 2.14 bits per heavy atom. The van der Waals surface area contributed by atoms with Crippen LogP contribution in [-0.4, -0.2) is 66.7 Å². The summed E-state index contributed by atoms with van der Waals surface area (Å²) < 4.78 is 46.6. The molecule has 9 nitrogen and oxygen atoms in total. The fraction of sp³-hybridized carbons (Fsp3) is 0.792. The molecule has 35 heavy (non-hydrogen) atoms. The second-order valence-corrected chi connectivity index (χ2v) is 10.4. The number of carbonyl (C=O) groups excluding carboxylic acids is 4. The zero-order valence-corrected chi connectivity index (χ0v) is 21.5. The molecule has 0 aromatic rings. The molecule has 2 heterocycles. The first kappa shape index (κ1) is 28.8. The normalized spacial score (nSPS) is 44.3. The first-order valence-corrected chi connectivity index (χ1v) is 11.6. The van der Waals surface area contributed by atoms with Crippen LogP contribution in [0.2, 0.25) is 0 Å². The molecule has 198 valence electrons. The minimum absolute atomic E-state index is 0.000977. The second-order valence-electron chi connectivity index (χ2n) is 10.4. The Morgan fingerprint density at radius 2 is 1.63 bits per heavy atom. The number of esters is 2. The van der Waals surface area contributed by atoms with Crippen LogP contribution in [0.4, 0.5) is 8.78 Å². The number of fused-ring (bicyclic) bond motifs is 1. The topological polar surface area (TPSA) is 134 Å². The number of hydrogen-bond donors (Lipinski definition) is 1. The molecule has 0 spiro atoms. The van der Waals surface area contributed by atoms with Gasteiger partial charge in [0.05, 0.1) is 5.60 Å². The number of hydrogen-bond acceptors (Lipinski definition) is 8. The van der Waals surface area contributed by atoms with Gasteiger partial charge >= 0.3 is 11.9 Å². The summed E-state index contributed by atoms with van der Waals surface area (Å²) in [6, 6.07) is 0. The van der Waals surface area contributed by atoms with Crippen LogP contribution in [0.3, 0.4) is 0 Å². The number of halogens is 2. The third-order valence-electron chi connectivity index (χ3n) is 7.57. The van der Waals surface area contributed by atoms with Crippen molar-refractivity contribution in [2.24, 2.45) is 40.3 Å². The van der Waals surface area contributed by atoms with Crippen LogP contribution in [0.15, 0.2) is 4.99 Å². The van der Waals surface area contributed by atoms with Crippen LogP contribution in [0.1, 0.15) is 54.4 Å². The maximum Gasteiger partial charge on any atom is 0.354 e. The van der Waals surface area contributed by atoms with E-state index in [-0.39, 0.29) is 24.5 Å². The number of nitrogens with zero attached hydrogens (tertiary/aromatic N) is 1. The van der Waals surface area contributed by atoms with Crippen molar-refractivity contribution in [3.05, 3.63) is 0 Å². The lowest BCUT2D eigenvalue weighted by molar-refractivity contribution is -0.211. The lowest BCUT2D eigenvalue weighted by atomic mass is 9.69. The van der Waals surface area contributed by atoms with Gasteiger partial charge in [-0.1, -0.05) is 20.8 Å². The van der Waals surface area contributed by atoms with Gasteiger partial charge in [0.15, 0.2) is 11.4 Å². The van der Waals surface area contributed by atoms with Crippen LogP contribution in [0.5, 0.6) is 0 Å². The molecule has 2 rings (SSSR count). The predicted molar refractivity (Wildman–Crippen MR) is 122 cm³/mol. The van der Waals surface area contributed by atoms with Crippen LogP contribution in [0.25, 0.3) is 0 Å². The number of methoxy groups -OCH3 is 1. The summed E-state index contributed by atoms with van der Waals surface area (Å²) in [6.45, 7) is 8.12. The van der Waals surface area contributed by atoms with Gasteiger partial charge in [0.1, 0.15) is 17.5 Å². The van der Waals surface area contributed by atoms with E-state index in [0.29, 0.717) is 6.92 Å². The highest BCUT2D eigenvalue weighted by Gasteiger charge is 2.64. The Morgan fingerprint density at radius 1 is 1.09 bits per heavy atom. The molecule has 2 saturated heterocycles. The van der Waals surface area contributed by atoms with E-state index >= 15 is 8.78 Å². The van der Waals surface area contributed by atoms with Gasteiger partial charge in [-0.2, -0.15) is 4.39 Å². The Balaban J connectivity index is 2.69. The standard InChI is InChI=1S/C24H36F2N2O7/c1-11-9-22(4,33-8)10-12(2)17(30)23(5,26)21(32)34-20(25)24(6)15(13(3)16(11)29)14(18(27)28-7)19(31)35-24/h11-15,20H,9-10H2,1-8H3,(H2,27,28)/t11-,12-,13-,14-,15+,20-,22-,23+,24-/m1/s1. The zero-order chi connectivity index (χ0) is 27.1. The highest BCUT2D eigenvalue weighted by Crippen LogP contribution is 2.47. The van der Waals surface area contributed by atoms with Gasteiger partial charge in [-0.25, -0.2) is 9.18 Å². The molecule has 0 unspecified atom stereocenters. The number of nitrogens with two attached hydrogens (primary N) is 1. The smallest absolute Gasteiger partial charge is 0.354 e. The molecule has 9 atom stereocenters. The summed E-state index contributed by atoms with van der Waals surface area (Å²) in [5.74, 6) is -9.54. The van der Waals surface area contributed by atoms with Crippen molar-refractivity contribution >= 4 is 29.3 Å². The van der Waals surface area contributed by atoms with Crippen LogP contribution in [-0.2, 0) is 33.4 Å². The summed E-state index contributed by atoms with van der Waals surface area (Å²) >= 11 is 0. The fourth-order valence-electron chi connectivity index (χ4n) is 5.50. The van der Waals surface area contributed by atoms with Gasteiger partial charge in [-0.05, 0) is 33.6 Å². The molecule has 0 saturated carbocycles. The van der Waals surface area contributed by atoms with E-state index < -0.39 is 70.5 Å². The first-order valence-electron chi connectivity index (χ1n) is 11.6. The van der Waals surface area contributed by atoms with Gasteiger partial charge in [-0.15, -0.1) is 0 Å². The van der Waals surface area contributed by atoms with Crippen molar-refractivity contribution in [3.63, 3.8) is 0 Å². The molecule has 2 aliphatic heterocycles. The number of cyclic esters (lactones) is 1. The van der Waals surface area contributed by atoms with Gasteiger partial charge in [-0.3, -0.25) is 19.4 Å². The number of ether oxygens (including phenoxy) is 3. The summed E-state index contributed by atoms with van der Waals surface area (Å²) in [7, 11) is 2.74. The number of ketones is 2. The fourth-order valence-corrected chi connectivity index (χ4v) is 5.50. The summed E-state index contributed by atoms with van der Waals surface area (Å²) in [5, 5.41) is 0. The number of amidine groups is 1. The molecule has 11 heteroatoms. The third-order valence-corrected chi connectivity index (χ3v) is 7.57.